The Morgan fingerprint density at radius 3 is 2.70 bits per heavy atom. The molecule has 0 atom stereocenters. The normalized spacial score (nSPS) is 11.8. The van der Waals surface area contributed by atoms with E-state index in [0.717, 1.165) is 16.5 Å². The van der Waals surface area contributed by atoms with Gasteiger partial charge in [0.05, 0.1) is 5.02 Å². The zero-order valence-corrected chi connectivity index (χ0v) is 18.2. The Morgan fingerprint density at radius 1 is 1.24 bits per heavy atom. The van der Waals surface area contributed by atoms with Gasteiger partial charge in [0.1, 0.15) is 23.7 Å². The Hall–Kier alpha value is -3.46. The quantitative estimate of drug-likeness (QED) is 0.375. The number of amides is 1. The first kappa shape index (κ1) is 22.7. The van der Waals surface area contributed by atoms with Gasteiger partial charge in [0, 0.05) is 34.6 Å². The largest absolute Gasteiger partial charge is 0.483 e. The number of alkyl halides is 3. The summed E-state index contributed by atoms with van der Waals surface area (Å²) in [4.78, 5) is 16.0. The van der Waals surface area contributed by atoms with Gasteiger partial charge < -0.3 is 19.5 Å². The molecule has 4 aromatic rings. The molecular formula is C23H19ClF3N3O3. The van der Waals surface area contributed by atoms with Crippen molar-refractivity contribution >= 4 is 28.4 Å². The highest BCUT2D eigenvalue weighted by Gasteiger charge is 2.29. The van der Waals surface area contributed by atoms with E-state index in [-0.39, 0.29) is 23.2 Å². The molecule has 6 nitrogen and oxygen atoms in total. The van der Waals surface area contributed by atoms with Gasteiger partial charge in [-0.25, -0.2) is 4.98 Å². The number of rotatable bonds is 7. The maximum atomic E-state index is 12.4. The zero-order valence-electron chi connectivity index (χ0n) is 17.4. The van der Waals surface area contributed by atoms with E-state index in [1.807, 2.05) is 31.2 Å². The molecule has 0 aliphatic rings. The van der Waals surface area contributed by atoms with Crippen molar-refractivity contribution in [2.45, 2.75) is 26.1 Å². The maximum absolute atomic E-state index is 12.4. The van der Waals surface area contributed by atoms with Crippen molar-refractivity contribution in [3.63, 3.8) is 0 Å². The predicted octanol–water partition coefficient (Wildman–Crippen LogP) is 5.61. The lowest BCUT2D eigenvalue weighted by Crippen LogP contribution is -2.19. The van der Waals surface area contributed by atoms with Crippen molar-refractivity contribution in [1.29, 1.82) is 0 Å². The van der Waals surface area contributed by atoms with Crippen LogP contribution in [0.5, 0.6) is 5.75 Å². The van der Waals surface area contributed by atoms with Gasteiger partial charge in [0.2, 0.25) is 11.8 Å². The molecule has 0 aliphatic heterocycles. The molecule has 0 fully saturated rings. The molecule has 2 aromatic carbocycles. The van der Waals surface area contributed by atoms with Gasteiger partial charge in [-0.15, -0.1) is 0 Å². The molecule has 2 N–H and O–H groups in total. The second kappa shape index (κ2) is 8.82. The molecule has 0 aliphatic carbocycles. The summed E-state index contributed by atoms with van der Waals surface area (Å²) in [6.07, 6.45) is -2.13. The summed E-state index contributed by atoms with van der Waals surface area (Å²) in [5.74, 6) is 0.379. The molecule has 10 heteroatoms. The number of oxazole rings is 1. The molecular weight excluding hydrogens is 459 g/mol. The summed E-state index contributed by atoms with van der Waals surface area (Å²) in [6.45, 7) is 0.542. The minimum Gasteiger partial charge on any atom is -0.483 e. The predicted molar refractivity (Wildman–Crippen MR) is 118 cm³/mol. The summed E-state index contributed by atoms with van der Waals surface area (Å²) >= 11 is 6.13. The second-order valence-electron chi connectivity index (χ2n) is 7.34. The highest BCUT2D eigenvalue weighted by Crippen LogP contribution is 2.36. The standard InChI is InChI=1S/C23H19ClF3N3O3/c1-2-18-21(15-4-3-5-17-14(15)8-9-30(17)11-20(28)31)29-22(33-18)13-6-7-19(16(24)10-13)32-12-23(25,26)27/h3-10H,2,11-12H2,1H3,(H2,28,31). The third-order valence-electron chi connectivity index (χ3n) is 4.98. The van der Waals surface area contributed by atoms with Crippen LogP contribution in [0.2, 0.25) is 5.02 Å². The van der Waals surface area contributed by atoms with E-state index >= 15 is 0 Å². The van der Waals surface area contributed by atoms with Crippen molar-refractivity contribution in [1.82, 2.24) is 9.55 Å². The molecule has 1 amide bonds. The van der Waals surface area contributed by atoms with Gasteiger partial charge >= 0.3 is 6.18 Å². The molecule has 0 bridgehead atoms. The monoisotopic (exact) mass is 477 g/mol. The molecule has 4 rings (SSSR count). The van der Waals surface area contributed by atoms with Gasteiger partial charge in [-0.1, -0.05) is 30.7 Å². The molecule has 2 aromatic heterocycles. The van der Waals surface area contributed by atoms with Crippen LogP contribution in [0.15, 0.2) is 53.1 Å². The highest BCUT2D eigenvalue weighted by molar-refractivity contribution is 6.32. The number of carbonyl (C=O) groups is 1. The molecule has 0 saturated carbocycles. The Labute approximate surface area is 191 Å². The number of hydrogen-bond acceptors (Lipinski definition) is 4. The Morgan fingerprint density at radius 2 is 2.03 bits per heavy atom. The van der Waals surface area contributed by atoms with Crippen LogP contribution in [0.25, 0.3) is 33.6 Å². The van der Waals surface area contributed by atoms with Gasteiger partial charge in [0.25, 0.3) is 0 Å². The maximum Gasteiger partial charge on any atom is 0.422 e. The average Bonchev–Trinajstić information content (AvgIpc) is 3.36. The van der Waals surface area contributed by atoms with Crippen LogP contribution in [0.4, 0.5) is 13.2 Å². The number of aromatic nitrogens is 2. The Bertz CT molecular complexity index is 1330. The van der Waals surface area contributed by atoms with Crippen LogP contribution < -0.4 is 10.5 Å². The SMILES string of the molecule is CCc1oc(-c2ccc(OCC(F)(F)F)c(Cl)c2)nc1-c1cccc2c1ccn2CC(N)=O. The van der Waals surface area contributed by atoms with E-state index in [0.29, 0.717) is 23.4 Å². The van der Waals surface area contributed by atoms with Crippen LogP contribution in [-0.4, -0.2) is 28.2 Å². The number of nitrogens with zero attached hydrogens (tertiary/aromatic N) is 2. The number of benzene rings is 2. The van der Waals surface area contributed by atoms with Gasteiger partial charge in [-0.2, -0.15) is 13.2 Å². The Kier molecular flexibility index (Phi) is 6.07. The van der Waals surface area contributed by atoms with Crippen LogP contribution in [0.1, 0.15) is 12.7 Å². The molecule has 172 valence electrons. The average molecular weight is 478 g/mol. The fraction of sp³-hybridized carbons (Fsp3) is 0.217. The minimum atomic E-state index is -4.47. The van der Waals surface area contributed by atoms with E-state index in [1.165, 1.54) is 18.2 Å². The van der Waals surface area contributed by atoms with Crippen LogP contribution in [0, 0.1) is 0 Å². The van der Waals surface area contributed by atoms with Gasteiger partial charge in [-0.3, -0.25) is 4.79 Å². The summed E-state index contributed by atoms with van der Waals surface area (Å²) in [6, 6.07) is 11.9. The first-order valence-electron chi connectivity index (χ1n) is 10.0. The topological polar surface area (TPSA) is 83.3 Å². The molecule has 33 heavy (non-hydrogen) atoms. The number of ether oxygens (including phenoxy) is 1. The molecule has 0 unspecified atom stereocenters. The van der Waals surface area contributed by atoms with E-state index in [2.05, 4.69) is 4.98 Å². The fourth-order valence-corrected chi connectivity index (χ4v) is 3.81. The minimum absolute atomic E-state index is 0.0141. The zero-order chi connectivity index (χ0) is 23.8. The smallest absolute Gasteiger partial charge is 0.422 e. The molecule has 0 radical (unpaired) electrons. The van der Waals surface area contributed by atoms with E-state index in [1.54, 1.807) is 10.8 Å². The number of hydrogen-bond donors (Lipinski definition) is 1. The fourth-order valence-electron chi connectivity index (χ4n) is 3.57. The number of primary amides is 1. The lowest BCUT2D eigenvalue weighted by molar-refractivity contribution is -0.153. The number of aryl methyl sites for hydroxylation is 1. The lowest BCUT2D eigenvalue weighted by Gasteiger charge is -2.10. The van der Waals surface area contributed by atoms with Gasteiger partial charge in [-0.05, 0) is 30.3 Å². The molecule has 0 saturated heterocycles. The summed E-state index contributed by atoms with van der Waals surface area (Å²) in [7, 11) is 0. The van der Waals surface area contributed by atoms with Crippen LogP contribution >= 0.6 is 11.6 Å². The van der Waals surface area contributed by atoms with Crippen molar-refractivity contribution in [3.05, 3.63) is 59.4 Å². The molecule has 2 heterocycles. The summed E-state index contributed by atoms with van der Waals surface area (Å²) in [5.41, 5.74) is 8.11. The second-order valence-corrected chi connectivity index (χ2v) is 7.75. The Balaban J connectivity index is 1.71. The first-order chi connectivity index (χ1) is 15.7. The highest BCUT2D eigenvalue weighted by atomic mass is 35.5. The van der Waals surface area contributed by atoms with Crippen molar-refractivity contribution in [2.75, 3.05) is 6.61 Å². The third-order valence-corrected chi connectivity index (χ3v) is 5.28. The first-order valence-corrected chi connectivity index (χ1v) is 10.4. The lowest BCUT2D eigenvalue weighted by atomic mass is 10.1. The van der Waals surface area contributed by atoms with Gasteiger partial charge in [0.15, 0.2) is 6.61 Å². The number of halogens is 4. The third kappa shape index (κ3) is 4.83. The van der Waals surface area contributed by atoms with Crippen LogP contribution in [-0.2, 0) is 17.8 Å². The van der Waals surface area contributed by atoms with Crippen molar-refractivity contribution in [2.24, 2.45) is 5.73 Å². The number of fused-ring (bicyclic) bond motifs is 1. The van der Waals surface area contributed by atoms with Crippen LogP contribution in [0.3, 0.4) is 0 Å². The van der Waals surface area contributed by atoms with E-state index < -0.39 is 18.7 Å². The molecule has 0 spiro atoms. The number of nitrogens with two attached hydrogens (primary N) is 1. The van der Waals surface area contributed by atoms with E-state index in [9.17, 15) is 18.0 Å². The number of carbonyl (C=O) groups excluding carboxylic acids is 1. The summed E-state index contributed by atoms with van der Waals surface area (Å²) < 4.78 is 49.7. The van der Waals surface area contributed by atoms with E-state index in [4.69, 9.17) is 26.5 Å². The van der Waals surface area contributed by atoms with Crippen molar-refractivity contribution < 1.29 is 27.1 Å². The summed E-state index contributed by atoms with van der Waals surface area (Å²) in [5, 5.41) is 0.891. The van der Waals surface area contributed by atoms with Crippen molar-refractivity contribution in [3.8, 4) is 28.5 Å².